The first kappa shape index (κ1) is 16.2. The Bertz CT molecular complexity index is 450. The second-order valence-corrected chi connectivity index (χ2v) is 5.12. The van der Waals surface area contributed by atoms with Crippen LogP contribution in [0.1, 0.15) is 65.8 Å². The van der Waals surface area contributed by atoms with E-state index in [-0.39, 0.29) is 5.56 Å². The highest BCUT2D eigenvalue weighted by Crippen LogP contribution is 2.24. The number of aromatic carboxylic acids is 1. The van der Waals surface area contributed by atoms with E-state index in [1.54, 1.807) is 12.1 Å². The largest absolute Gasteiger partial charge is 0.478 e. The number of hydrogen-bond donors (Lipinski definition) is 2. The number of amides is 1. The number of nitrogens with two attached hydrogens (primary N) is 1. The molecule has 1 rings (SSSR count). The van der Waals surface area contributed by atoms with Crippen LogP contribution in [0.25, 0.3) is 0 Å². The van der Waals surface area contributed by atoms with Crippen LogP contribution in [0, 0.1) is 5.92 Å². The average molecular weight is 277 g/mol. The molecule has 0 aromatic heterocycles. The van der Waals surface area contributed by atoms with Crippen LogP contribution in [0.2, 0.25) is 0 Å². The summed E-state index contributed by atoms with van der Waals surface area (Å²) < 4.78 is 0. The van der Waals surface area contributed by atoms with Crippen molar-refractivity contribution >= 4 is 11.9 Å². The summed E-state index contributed by atoms with van der Waals surface area (Å²) in [5.41, 5.74) is 6.47. The molecule has 0 aliphatic carbocycles. The van der Waals surface area contributed by atoms with Gasteiger partial charge in [-0.2, -0.15) is 0 Å². The lowest BCUT2D eigenvalue weighted by atomic mass is 9.87. The number of rotatable bonds is 8. The molecule has 1 aromatic rings. The fourth-order valence-corrected chi connectivity index (χ4v) is 2.47. The number of hydrogen-bond acceptors (Lipinski definition) is 2. The van der Waals surface area contributed by atoms with Crippen molar-refractivity contribution in [3.05, 3.63) is 34.9 Å². The first-order valence-electron chi connectivity index (χ1n) is 7.16. The fraction of sp³-hybridized carbons (Fsp3) is 0.500. The van der Waals surface area contributed by atoms with Crippen LogP contribution in [-0.4, -0.2) is 17.0 Å². The summed E-state index contributed by atoms with van der Waals surface area (Å²) in [5, 5.41) is 9.28. The van der Waals surface area contributed by atoms with Gasteiger partial charge in [0.15, 0.2) is 0 Å². The molecule has 0 saturated heterocycles. The van der Waals surface area contributed by atoms with Gasteiger partial charge in [0.25, 0.3) is 0 Å². The van der Waals surface area contributed by atoms with E-state index in [2.05, 4.69) is 13.8 Å². The van der Waals surface area contributed by atoms with E-state index in [0.717, 1.165) is 25.7 Å². The number of carboxylic acid groups (broad SMARTS) is 1. The van der Waals surface area contributed by atoms with Gasteiger partial charge in [-0.3, -0.25) is 4.79 Å². The third-order valence-corrected chi connectivity index (χ3v) is 3.71. The minimum Gasteiger partial charge on any atom is -0.478 e. The standard InChI is InChI=1S/C16H23NO3/c1-3-5-7-11(4-2)10-14-12(15(17)18)8-6-9-13(14)16(19)20/h6,8-9,11H,3-5,7,10H2,1-2H3,(H2,17,18)(H,19,20). The number of carbonyl (C=O) groups excluding carboxylic acids is 1. The minimum absolute atomic E-state index is 0.191. The highest BCUT2D eigenvalue weighted by atomic mass is 16.4. The fourth-order valence-electron chi connectivity index (χ4n) is 2.47. The van der Waals surface area contributed by atoms with Crippen molar-refractivity contribution in [1.82, 2.24) is 0 Å². The minimum atomic E-state index is -1.01. The zero-order valence-electron chi connectivity index (χ0n) is 12.2. The van der Waals surface area contributed by atoms with E-state index in [0.29, 0.717) is 23.5 Å². The molecule has 0 aliphatic rings. The molecule has 110 valence electrons. The van der Waals surface area contributed by atoms with Crippen molar-refractivity contribution in [3.8, 4) is 0 Å². The van der Waals surface area contributed by atoms with Crippen LogP contribution in [0.4, 0.5) is 0 Å². The summed E-state index contributed by atoms with van der Waals surface area (Å²) in [7, 11) is 0. The molecule has 1 atom stereocenters. The topological polar surface area (TPSA) is 80.4 Å². The average Bonchev–Trinajstić information content (AvgIpc) is 2.42. The van der Waals surface area contributed by atoms with Crippen LogP contribution < -0.4 is 5.73 Å². The van der Waals surface area contributed by atoms with Gasteiger partial charge < -0.3 is 10.8 Å². The van der Waals surface area contributed by atoms with Crippen molar-refractivity contribution in [1.29, 1.82) is 0 Å². The van der Waals surface area contributed by atoms with Gasteiger partial charge in [0.05, 0.1) is 5.56 Å². The maximum atomic E-state index is 11.5. The molecule has 1 unspecified atom stereocenters. The monoisotopic (exact) mass is 277 g/mol. The molecule has 0 spiro atoms. The van der Waals surface area contributed by atoms with E-state index >= 15 is 0 Å². The van der Waals surface area contributed by atoms with Gasteiger partial charge in [0.2, 0.25) is 5.91 Å². The van der Waals surface area contributed by atoms with Crippen molar-refractivity contribution < 1.29 is 14.7 Å². The molecule has 4 heteroatoms. The van der Waals surface area contributed by atoms with Gasteiger partial charge in [-0.1, -0.05) is 45.6 Å². The third-order valence-electron chi connectivity index (χ3n) is 3.71. The lowest BCUT2D eigenvalue weighted by Crippen LogP contribution is -2.18. The molecular formula is C16H23NO3. The lowest BCUT2D eigenvalue weighted by Gasteiger charge is -2.18. The Labute approximate surface area is 120 Å². The molecule has 1 amide bonds. The quantitative estimate of drug-likeness (QED) is 0.765. The summed E-state index contributed by atoms with van der Waals surface area (Å²) in [4.78, 5) is 22.8. The normalized spacial score (nSPS) is 12.1. The smallest absolute Gasteiger partial charge is 0.335 e. The zero-order valence-corrected chi connectivity index (χ0v) is 12.2. The van der Waals surface area contributed by atoms with Gasteiger partial charge in [0.1, 0.15) is 0 Å². The molecule has 0 fully saturated rings. The van der Waals surface area contributed by atoms with Crippen LogP contribution in [0.15, 0.2) is 18.2 Å². The maximum Gasteiger partial charge on any atom is 0.335 e. The second kappa shape index (κ2) is 7.68. The Morgan fingerprint density at radius 3 is 2.40 bits per heavy atom. The highest BCUT2D eigenvalue weighted by Gasteiger charge is 2.19. The molecule has 20 heavy (non-hydrogen) atoms. The van der Waals surface area contributed by atoms with Gasteiger partial charge in [-0.05, 0) is 30.0 Å². The Hall–Kier alpha value is -1.84. The molecule has 0 aliphatic heterocycles. The lowest BCUT2D eigenvalue weighted by molar-refractivity contribution is 0.0695. The van der Waals surface area contributed by atoms with Crippen LogP contribution in [0.3, 0.4) is 0 Å². The van der Waals surface area contributed by atoms with Crippen LogP contribution in [0.5, 0.6) is 0 Å². The second-order valence-electron chi connectivity index (χ2n) is 5.12. The Morgan fingerprint density at radius 2 is 1.90 bits per heavy atom. The predicted molar refractivity (Wildman–Crippen MR) is 78.9 cm³/mol. The highest BCUT2D eigenvalue weighted by molar-refractivity contribution is 5.99. The third kappa shape index (κ3) is 4.08. The zero-order chi connectivity index (χ0) is 15.1. The molecule has 1 aromatic carbocycles. The predicted octanol–water partition coefficient (Wildman–Crippen LogP) is 3.24. The van der Waals surface area contributed by atoms with E-state index in [1.807, 2.05) is 0 Å². The summed E-state index contributed by atoms with van der Waals surface area (Å²) in [5.74, 6) is -1.18. The molecule has 0 heterocycles. The van der Waals surface area contributed by atoms with Crippen molar-refractivity contribution in [2.24, 2.45) is 11.7 Å². The summed E-state index contributed by atoms with van der Waals surface area (Å²) >= 11 is 0. The molecule has 4 nitrogen and oxygen atoms in total. The van der Waals surface area contributed by atoms with Crippen LogP contribution in [-0.2, 0) is 6.42 Å². The van der Waals surface area contributed by atoms with Gasteiger partial charge in [-0.25, -0.2) is 4.79 Å². The number of carboxylic acids is 1. The van der Waals surface area contributed by atoms with Crippen molar-refractivity contribution in [2.75, 3.05) is 0 Å². The molecule has 0 bridgehead atoms. The molecule has 0 radical (unpaired) electrons. The Morgan fingerprint density at radius 1 is 1.25 bits per heavy atom. The first-order chi connectivity index (χ1) is 9.51. The molecular weight excluding hydrogens is 254 g/mol. The number of carbonyl (C=O) groups is 2. The van der Waals surface area contributed by atoms with Crippen molar-refractivity contribution in [2.45, 2.75) is 46.0 Å². The van der Waals surface area contributed by atoms with Gasteiger partial charge in [-0.15, -0.1) is 0 Å². The SMILES string of the molecule is CCCCC(CC)Cc1c(C(N)=O)cccc1C(=O)O. The number of benzene rings is 1. The van der Waals surface area contributed by atoms with E-state index in [4.69, 9.17) is 5.73 Å². The van der Waals surface area contributed by atoms with E-state index in [1.165, 1.54) is 6.07 Å². The van der Waals surface area contributed by atoms with E-state index < -0.39 is 11.9 Å². The first-order valence-corrected chi connectivity index (χ1v) is 7.16. The van der Waals surface area contributed by atoms with Crippen molar-refractivity contribution in [3.63, 3.8) is 0 Å². The van der Waals surface area contributed by atoms with Crippen LogP contribution >= 0.6 is 0 Å². The number of unbranched alkanes of at least 4 members (excludes halogenated alkanes) is 1. The summed E-state index contributed by atoms with van der Waals surface area (Å²) in [6, 6.07) is 4.72. The molecule has 0 saturated carbocycles. The van der Waals surface area contributed by atoms with Gasteiger partial charge in [0, 0.05) is 5.56 Å². The van der Waals surface area contributed by atoms with E-state index in [9.17, 15) is 14.7 Å². The Balaban J connectivity index is 3.12. The number of primary amides is 1. The maximum absolute atomic E-state index is 11.5. The summed E-state index contributed by atoms with van der Waals surface area (Å²) in [6.07, 6.45) is 4.82. The Kier molecular flexibility index (Phi) is 6.22. The molecule has 3 N–H and O–H groups in total. The summed E-state index contributed by atoms with van der Waals surface area (Å²) in [6.45, 7) is 4.22. The van der Waals surface area contributed by atoms with Gasteiger partial charge >= 0.3 is 5.97 Å².